The number of amides is 4. The van der Waals surface area contributed by atoms with E-state index in [9.17, 15) is 9.59 Å². The van der Waals surface area contributed by atoms with Crippen LogP contribution in [0.15, 0.2) is 8.14 Å². The van der Waals surface area contributed by atoms with Gasteiger partial charge in [0, 0.05) is 0 Å². The minimum absolute atomic E-state index is 0.218. The summed E-state index contributed by atoms with van der Waals surface area (Å²) in [4.78, 5) is 20.1. The van der Waals surface area contributed by atoms with Crippen LogP contribution in [0.4, 0.5) is 9.59 Å². The number of carbonyl (C=O) groups excluding carboxylic acids is 2. The first kappa shape index (κ1) is 11.2. The molecule has 0 aromatic heterocycles. The van der Waals surface area contributed by atoms with Crippen molar-refractivity contribution in [2.24, 2.45) is 19.6 Å². The predicted octanol–water partition coefficient (Wildman–Crippen LogP) is -2.16. The van der Waals surface area contributed by atoms with Crippen LogP contribution in [0.5, 0.6) is 0 Å². The molecule has 0 aromatic carbocycles. The van der Waals surface area contributed by atoms with Crippen molar-refractivity contribution in [2.75, 3.05) is 0 Å². The summed E-state index contributed by atoms with van der Waals surface area (Å²) in [6.07, 6.45) is 0. The molecule has 0 spiro atoms. The normalized spacial score (nSPS) is 10.3. The van der Waals surface area contributed by atoms with Gasteiger partial charge in [-0.1, -0.05) is 0 Å². The average molecular weight is 304 g/mol. The number of urea groups is 2. The van der Waals surface area contributed by atoms with E-state index in [1.165, 1.54) is 0 Å². The third-order valence-corrected chi connectivity index (χ3v) is 3.61. The van der Waals surface area contributed by atoms with Gasteiger partial charge in [-0.25, -0.2) is 0 Å². The first-order chi connectivity index (χ1) is 5.63. The molecule has 4 amide bonds. The second-order valence-corrected chi connectivity index (χ2v) is 5.93. The van der Waals surface area contributed by atoms with E-state index in [1.54, 1.807) is 0 Å². The summed E-state index contributed by atoms with van der Waals surface area (Å²) in [6, 6.07) is -1.42. The van der Waals surface area contributed by atoms with E-state index in [0.29, 0.717) is 0 Å². The SMILES string of the molecule is NC(=O)NN=[Se][Se]=NNC(N)=O. The van der Waals surface area contributed by atoms with E-state index in [1.807, 2.05) is 10.9 Å². The van der Waals surface area contributed by atoms with Gasteiger partial charge in [0.2, 0.25) is 0 Å². The van der Waals surface area contributed by atoms with Crippen molar-refractivity contribution < 1.29 is 9.59 Å². The zero-order valence-corrected chi connectivity index (χ0v) is 9.11. The van der Waals surface area contributed by atoms with Crippen LogP contribution in [0, 0.1) is 0 Å². The Morgan fingerprint density at radius 1 is 1.00 bits per heavy atom. The Bertz CT molecular complexity index is 202. The molecule has 0 rings (SSSR count). The van der Waals surface area contributed by atoms with E-state index in [0.717, 1.165) is 0 Å². The van der Waals surface area contributed by atoms with Crippen LogP contribution in [0.3, 0.4) is 0 Å². The van der Waals surface area contributed by atoms with Crippen molar-refractivity contribution in [2.45, 2.75) is 0 Å². The van der Waals surface area contributed by atoms with Crippen LogP contribution in [-0.4, -0.2) is 37.9 Å². The third kappa shape index (κ3) is 9.18. The molecule has 0 saturated carbocycles. The van der Waals surface area contributed by atoms with Gasteiger partial charge in [-0.3, -0.25) is 0 Å². The van der Waals surface area contributed by atoms with Crippen LogP contribution in [0.1, 0.15) is 0 Å². The van der Waals surface area contributed by atoms with Gasteiger partial charge in [0.1, 0.15) is 0 Å². The van der Waals surface area contributed by atoms with E-state index in [4.69, 9.17) is 11.5 Å². The Labute approximate surface area is 78.2 Å². The van der Waals surface area contributed by atoms with Gasteiger partial charge in [0.05, 0.1) is 0 Å². The number of carbonyl (C=O) groups is 2. The van der Waals surface area contributed by atoms with Crippen molar-refractivity contribution in [1.29, 1.82) is 0 Å². The zero-order chi connectivity index (χ0) is 9.40. The molecule has 0 unspecified atom stereocenters. The van der Waals surface area contributed by atoms with E-state index in [-0.39, 0.29) is 25.9 Å². The number of hydrogen-bond acceptors (Lipinski definition) is 4. The average Bonchev–Trinajstić information content (AvgIpc) is 1.95. The molecular weight excluding hydrogens is 298 g/mol. The fraction of sp³-hybridized carbons (Fsp3) is 0. The van der Waals surface area contributed by atoms with Crippen molar-refractivity contribution >= 4 is 37.9 Å². The molecule has 6 N–H and O–H groups in total. The van der Waals surface area contributed by atoms with Gasteiger partial charge in [-0.2, -0.15) is 0 Å². The van der Waals surface area contributed by atoms with Gasteiger partial charge in [-0.05, 0) is 0 Å². The second-order valence-electron chi connectivity index (χ2n) is 1.28. The molecule has 0 aliphatic carbocycles. The van der Waals surface area contributed by atoms with Gasteiger partial charge >= 0.3 is 78.0 Å². The van der Waals surface area contributed by atoms with E-state index >= 15 is 0 Å². The predicted molar refractivity (Wildman–Crippen MR) is 41.8 cm³/mol. The van der Waals surface area contributed by atoms with Crippen LogP contribution in [0.2, 0.25) is 0 Å². The van der Waals surface area contributed by atoms with Gasteiger partial charge in [0.15, 0.2) is 0 Å². The summed E-state index contributed by atoms with van der Waals surface area (Å²) in [7, 11) is 0. The second kappa shape index (κ2) is 6.86. The van der Waals surface area contributed by atoms with Crippen molar-refractivity contribution in [3.63, 3.8) is 0 Å². The van der Waals surface area contributed by atoms with Crippen molar-refractivity contribution in [1.82, 2.24) is 10.9 Å². The molecule has 0 aliphatic rings. The van der Waals surface area contributed by atoms with Crippen LogP contribution in [0.25, 0.3) is 0 Å². The molecule has 0 saturated heterocycles. The molecule has 12 heavy (non-hydrogen) atoms. The van der Waals surface area contributed by atoms with E-state index < -0.39 is 12.1 Å². The topological polar surface area (TPSA) is 135 Å². The molecule has 10 heteroatoms. The molecule has 8 nitrogen and oxygen atoms in total. The molecule has 2 radical (unpaired) electrons. The summed E-state index contributed by atoms with van der Waals surface area (Å²) in [6.45, 7) is 0. The monoisotopic (exact) mass is 306 g/mol. The fourth-order valence-electron chi connectivity index (χ4n) is 0.161. The minimum atomic E-state index is -0.712. The van der Waals surface area contributed by atoms with Crippen molar-refractivity contribution in [3.05, 3.63) is 0 Å². The molecule has 0 atom stereocenters. The molecular formula is C2H6N6O2Se2. The van der Waals surface area contributed by atoms with Crippen molar-refractivity contribution in [3.8, 4) is 0 Å². The molecule has 0 fully saturated rings. The van der Waals surface area contributed by atoms with Crippen LogP contribution < -0.4 is 22.3 Å². The standard InChI is InChI=1S/C2H6N6O2Se2/c3-1(9)5-7-11-12-8-6-2(4)10/h(H3,3,5,9)(H3,4,6,10). The summed E-state index contributed by atoms with van der Waals surface area (Å²) in [5.74, 6) is 0. The summed E-state index contributed by atoms with van der Waals surface area (Å²) >= 11 is -0.436. The molecule has 0 heterocycles. The van der Waals surface area contributed by atoms with E-state index in [2.05, 4.69) is 8.14 Å². The number of primary amides is 2. The van der Waals surface area contributed by atoms with Crippen LogP contribution in [-0.2, 0) is 0 Å². The molecule has 0 aliphatic heterocycles. The first-order valence-corrected chi connectivity index (χ1v) is 8.33. The molecule has 68 valence electrons. The molecule has 0 bridgehead atoms. The Balaban J connectivity index is 3.52. The third-order valence-electron chi connectivity index (χ3n) is 0.420. The van der Waals surface area contributed by atoms with Crippen LogP contribution >= 0.6 is 0 Å². The Kier molecular flexibility index (Phi) is 6.39. The number of nitrogens with two attached hydrogens (primary N) is 2. The van der Waals surface area contributed by atoms with Gasteiger partial charge in [0.25, 0.3) is 0 Å². The number of hydrogen-bond donors (Lipinski definition) is 4. The Hall–Kier alpha value is -0.821. The summed E-state index contributed by atoms with van der Waals surface area (Å²) < 4.78 is 7.10. The quantitative estimate of drug-likeness (QED) is 0.349. The Morgan fingerprint density at radius 2 is 1.33 bits per heavy atom. The maximum atomic E-state index is 10.1. The Morgan fingerprint density at radius 3 is 1.58 bits per heavy atom. The number of nitrogens with one attached hydrogen (secondary N) is 2. The maximum absolute atomic E-state index is 10.1. The number of nitrogens with zero attached hydrogens (tertiary/aromatic N) is 2. The van der Waals surface area contributed by atoms with Gasteiger partial charge < -0.3 is 0 Å². The summed E-state index contributed by atoms with van der Waals surface area (Å²) in [5, 5.41) is 0. The fourth-order valence-corrected chi connectivity index (χ4v) is 2.37. The first-order valence-electron chi connectivity index (χ1n) is 2.46. The number of rotatable bonds is 3. The summed E-state index contributed by atoms with van der Waals surface area (Å²) in [5.41, 5.74) is 13.5. The molecule has 0 aromatic rings. The zero-order valence-electron chi connectivity index (χ0n) is 5.68. The van der Waals surface area contributed by atoms with Gasteiger partial charge in [-0.15, -0.1) is 0 Å².